The number of nitrogens with one attached hydrogen (secondary N) is 2. The molecule has 1 aliphatic heterocycles. The molecule has 2 heterocycles. The van der Waals surface area contributed by atoms with Gasteiger partial charge in [0.05, 0.1) is 12.8 Å². The number of alkyl halides is 3. The highest BCUT2D eigenvalue weighted by atomic mass is 19.4. The van der Waals surface area contributed by atoms with E-state index >= 15 is 0 Å². The Morgan fingerprint density at radius 2 is 1.85 bits per heavy atom. The molecular formula is C16H11F4N3O4. The second kappa shape index (κ2) is 6.41. The summed E-state index contributed by atoms with van der Waals surface area (Å²) in [6, 6.07) is 5.06. The van der Waals surface area contributed by atoms with Crippen molar-refractivity contribution in [3.05, 3.63) is 59.8 Å². The molecule has 1 aliphatic rings. The normalized spacial score (nSPS) is 19.9. The summed E-state index contributed by atoms with van der Waals surface area (Å²) in [7, 11) is 0. The zero-order valence-electron chi connectivity index (χ0n) is 13.3. The van der Waals surface area contributed by atoms with Crippen molar-refractivity contribution in [1.82, 2.24) is 15.5 Å². The van der Waals surface area contributed by atoms with Gasteiger partial charge in [-0.3, -0.25) is 19.8 Å². The molecule has 0 aliphatic carbocycles. The Bertz CT molecular complexity index is 880. The van der Waals surface area contributed by atoms with E-state index in [9.17, 15) is 31.9 Å². The maximum Gasteiger partial charge on any atom is 0.440 e. The molecule has 0 saturated carbocycles. The van der Waals surface area contributed by atoms with Crippen LogP contribution >= 0.6 is 0 Å². The standard InChI is InChI=1S/C16H11F4N3O4/c17-10-5-3-9(4-6-10)12(24)21-15(16(18,19)20)13(25)23(14(26)22-15)8-11-2-1-7-27-11/h1-7H,8H2,(H,21,24)(H,22,26)/t15-/m0/s1. The minimum atomic E-state index is -5.34. The van der Waals surface area contributed by atoms with E-state index in [-0.39, 0.29) is 16.2 Å². The van der Waals surface area contributed by atoms with Gasteiger partial charge in [-0.15, -0.1) is 0 Å². The van der Waals surface area contributed by atoms with Gasteiger partial charge in [-0.25, -0.2) is 9.18 Å². The molecule has 1 fully saturated rings. The number of rotatable bonds is 4. The van der Waals surface area contributed by atoms with Crippen LogP contribution in [-0.2, 0) is 11.3 Å². The van der Waals surface area contributed by atoms with Gasteiger partial charge in [-0.1, -0.05) is 0 Å². The third-order valence-electron chi connectivity index (χ3n) is 3.83. The lowest BCUT2D eigenvalue weighted by Gasteiger charge is -2.29. The van der Waals surface area contributed by atoms with Gasteiger partial charge in [0.25, 0.3) is 17.5 Å². The molecule has 2 N–H and O–H groups in total. The summed E-state index contributed by atoms with van der Waals surface area (Å²) in [6.45, 7) is -0.554. The van der Waals surface area contributed by atoms with Gasteiger partial charge < -0.3 is 9.73 Å². The third-order valence-corrected chi connectivity index (χ3v) is 3.83. The Hall–Kier alpha value is -3.37. The van der Waals surface area contributed by atoms with Crippen molar-refractivity contribution in [3.8, 4) is 0 Å². The quantitative estimate of drug-likeness (QED) is 0.623. The molecule has 0 spiro atoms. The molecule has 1 aromatic heterocycles. The Morgan fingerprint density at radius 3 is 2.41 bits per heavy atom. The molecule has 7 nitrogen and oxygen atoms in total. The molecular weight excluding hydrogens is 374 g/mol. The number of amides is 4. The molecule has 0 unspecified atom stereocenters. The monoisotopic (exact) mass is 385 g/mol. The van der Waals surface area contributed by atoms with Gasteiger partial charge in [0.2, 0.25) is 0 Å². The lowest BCUT2D eigenvalue weighted by atomic mass is 10.1. The second-order valence-corrected chi connectivity index (χ2v) is 5.61. The molecule has 2 aromatic rings. The number of nitrogens with zero attached hydrogens (tertiary/aromatic N) is 1. The van der Waals surface area contributed by atoms with Gasteiger partial charge >= 0.3 is 12.2 Å². The summed E-state index contributed by atoms with van der Waals surface area (Å²) in [4.78, 5) is 36.9. The topological polar surface area (TPSA) is 91.7 Å². The predicted molar refractivity (Wildman–Crippen MR) is 80.4 cm³/mol. The number of benzene rings is 1. The van der Waals surface area contributed by atoms with Gasteiger partial charge in [0.15, 0.2) is 0 Å². The number of furan rings is 1. The number of halogens is 4. The van der Waals surface area contributed by atoms with Crippen LogP contribution < -0.4 is 10.6 Å². The first kappa shape index (κ1) is 18.4. The van der Waals surface area contributed by atoms with Crippen molar-refractivity contribution in [2.45, 2.75) is 18.4 Å². The van der Waals surface area contributed by atoms with Gasteiger partial charge in [0, 0.05) is 5.56 Å². The smallest absolute Gasteiger partial charge is 0.440 e. The van der Waals surface area contributed by atoms with E-state index in [4.69, 9.17) is 4.42 Å². The van der Waals surface area contributed by atoms with Crippen molar-refractivity contribution < 1.29 is 36.4 Å². The Morgan fingerprint density at radius 1 is 1.19 bits per heavy atom. The van der Waals surface area contributed by atoms with Crippen molar-refractivity contribution in [2.24, 2.45) is 0 Å². The van der Waals surface area contributed by atoms with Crippen LogP contribution in [0.25, 0.3) is 0 Å². The molecule has 0 radical (unpaired) electrons. The largest absolute Gasteiger partial charge is 0.467 e. The number of imide groups is 1. The molecule has 27 heavy (non-hydrogen) atoms. The van der Waals surface area contributed by atoms with E-state index < -0.39 is 42.0 Å². The van der Waals surface area contributed by atoms with Crippen LogP contribution in [0.2, 0.25) is 0 Å². The Kier molecular flexibility index (Phi) is 4.38. The number of carbonyl (C=O) groups is 3. The fourth-order valence-corrected chi connectivity index (χ4v) is 2.47. The van der Waals surface area contributed by atoms with Crippen LogP contribution in [0.1, 0.15) is 16.1 Å². The molecule has 11 heteroatoms. The van der Waals surface area contributed by atoms with E-state index in [1.807, 2.05) is 0 Å². The predicted octanol–water partition coefficient (Wildman–Crippen LogP) is 2.16. The van der Waals surface area contributed by atoms with E-state index in [0.717, 1.165) is 24.3 Å². The molecule has 142 valence electrons. The molecule has 1 saturated heterocycles. The Labute approximate surface area is 148 Å². The minimum Gasteiger partial charge on any atom is -0.467 e. The van der Waals surface area contributed by atoms with Gasteiger partial charge in [-0.2, -0.15) is 13.2 Å². The summed E-state index contributed by atoms with van der Waals surface area (Å²) in [6.07, 6.45) is -4.12. The SMILES string of the molecule is O=C(N[C@]1(C(F)(F)F)NC(=O)N(Cc2ccco2)C1=O)c1ccc(F)cc1. The number of urea groups is 1. The zero-order valence-corrected chi connectivity index (χ0v) is 13.3. The van der Waals surface area contributed by atoms with Crippen LogP contribution in [0, 0.1) is 5.82 Å². The maximum atomic E-state index is 13.7. The zero-order chi connectivity index (χ0) is 19.8. The average Bonchev–Trinajstić information content (AvgIpc) is 3.18. The van der Waals surface area contributed by atoms with E-state index in [1.165, 1.54) is 29.0 Å². The Balaban J connectivity index is 1.91. The lowest BCUT2D eigenvalue weighted by Crippen LogP contribution is -2.69. The summed E-state index contributed by atoms with van der Waals surface area (Å²) in [5.74, 6) is -3.67. The first-order valence-electron chi connectivity index (χ1n) is 7.45. The van der Waals surface area contributed by atoms with Crippen LogP contribution in [0.5, 0.6) is 0 Å². The van der Waals surface area contributed by atoms with Crippen molar-refractivity contribution in [1.29, 1.82) is 0 Å². The van der Waals surface area contributed by atoms with Crippen LogP contribution in [0.3, 0.4) is 0 Å². The molecule has 3 rings (SSSR count). The summed E-state index contributed by atoms with van der Waals surface area (Å²) >= 11 is 0. The third kappa shape index (κ3) is 3.23. The van der Waals surface area contributed by atoms with E-state index in [1.54, 1.807) is 0 Å². The lowest BCUT2D eigenvalue weighted by molar-refractivity contribution is -0.200. The van der Waals surface area contributed by atoms with Crippen molar-refractivity contribution in [3.63, 3.8) is 0 Å². The fourth-order valence-electron chi connectivity index (χ4n) is 2.47. The fraction of sp³-hybridized carbons (Fsp3) is 0.188. The van der Waals surface area contributed by atoms with E-state index in [2.05, 4.69) is 0 Å². The van der Waals surface area contributed by atoms with E-state index in [0.29, 0.717) is 0 Å². The van der Waals surface area contributed by atoms with Crippen molar-refractivity contribution >= 4 is 17.8 Å². The highest BCUT2D eigenvalue weighted by molar-refractivity contribution is 6.10. The number of hydrogen-bond acceptors (Lipinski definition) is 4. The van der Waals surface area contributed by atoms with Gasteiger partial charge in [0.1, 0.15) is 11.6 Å². The highest BCUT2D eigenvalue weighted by Gasteiger charge is 2.68. The minimum absolute atomic E-state index is 0.0707. The molecule has 4 amide bonds. The van der Waals surface area contributed by atoms with Crippen LogP contribution in [0.15, 0.2) is 47.1 Å². The molecule has 0 bridgehead atoms. The molecule has 1 aromatic carbocycles. The maximum absolute atomic E-state index is 13.7. The van der Waals surface area contributed by atoms with Gasteiger partial charge in [-0.05, 0) is 36.4 Å². The first-order chi connectivity index (χ1) is 12.6. The highest BCUT2D eigenvalue weighted by Crippen LogP contribution is 2.34. The number of hydrogen-bond donors (Lipinski definition) is 2. The van der Waals surface area contributed by atoms with Crippen LogP contribution in [-0.4, -0.2) is 34.6 Å². The summed E-state index contributed by atoms with van der Waals surface area (Å²) in [5, 5.41) is 3.01. The summed E-state index contributed by atoms with van der Waals surface area (Å²) < 4.78 is 58.9. The van der Waals surface area contributed by atoms with Crippen molar-refractivity contribution in [2.75, 3.05) is 0 Å². The molecule has 1 atom stereocenters. The van der Waals surface area contributed by atoms with Crippen LogP contribution in [0.4, 0.5) is 22.4 Å². The second-order valence-electron chi connectivity index (χ2n) is 5.61. The average molecular weight is 385 g/mol. The first-order valence-corrected chi connectivity index (χ1v) is 7.45. The number of carbonyl (C=O) groups excluding carboxylic acids is 3. The summed E-state index contributed by atoms with van der Waals surface area (Å²) in [5.41, 5.74) is -3.98.